The number of hydrogen-bond donors (Lipinski definition) is 2. The second kappa shape index (κ2) is 7.64. The van der Waals surface area contributed by atoms with Crippen molar-refractivity contribution in [2.45, 2.75) is 13.5 Å². The number of pyridine rings is 1. The fourth-order valence-electron chi connectivity index (χ4n) is 2.43. The predicted octanol–water partition coefficient (Wildman–Crippen LogP) is 2.87. The third kappa shape index (κ3) is 3.64. The number of halogens is 1. The van der Waals surface area contributed by atoms with Gasteiger partial charge < -0.3 is 4.74 Å². The molecule has 0 aliphatic rings. The molecule has 0 radical (unpaired) electrons. The van der Waals surface area contributed by atoms with Crippen LogP contribution in [0.5, 0.6) is 5.88 Å². The maximum absolute atomic E-state index is 13.7. The molecule has 3 aromatic rings. The van der Waals surface area contributed by atoms with E-state index in [1.165, 1.54) is 19.4 Å². The van der Waals surface area contributed by atoms with Crippen LogP contribution < -0.4 is 15.6 Å². The van der Waals surface area contributed by atoms with Gasteiger partial charge >= 0.3 is 0 Å². The van der Waals surface area contributed by atoms with Crippen LogP contribution in [-0.2, 0) is 6.54 Å². The van der Waals surface area contributed by atoms with Gasteiger partial charge in [0, 0.05) is 18.2 Å². The Labute approximate surface area is 149 Å². The lowest BCUT2D eigenvalue weighted by Gasteiger charge is -2.09. The van der Waals surface area contributed by atoms with E-state index < -0.39 is 11.7 Å². The third-order valence-electron chi connectivity index (χ3n) is 3.70. The smallest absolute Gasteiger partial charge is 0.287 e. The monoisotopic (exact) mass is 355 g/mol. The number of nitrogens with zero attached hydrogens (tertiary/aromatic N) is 3. The summed E-state index contributed by atoms with van der Waals surface area (Å²) in [5.74, 6) is -1.13. The van der Waals surface area contributed by atoms with Gasteiger partial charge in [-0.2, -0.15) is 5.10 Å². The van der Waals surface area contributed by atoms with Gasteiger partial charge in [-0.05, 0) is 13.0 Å². The van der Waals surface area contributed by atoms with Crippen molar-refractivity contribution in [2.24, 2.45) is 0 Å². The number of hydrazine groups is 1. The van der Waals surface area contributed by atoms with Gasteiger partial charge in [0.15, 0.2) is 5.82 Å². The average molecular weight is 355 g/mol. The highest BCUT2D eigenvalue weighted by molar-refractivity contribution is 5.94. The number of hydrogen-bond acceptors (Lipinski definition) is 5. The number of aromatic nitrogens is 3. The normalized spacial score (nSPS) is 10.4. The molecule has 26 heavy (non-hydrogen) atoms. The average Bonchev–Trinajstić information content (AvgIpc) is 3.11. The van der Waals surface area contributed by atoms with Crippen LogP contribution in [0.15, 0.2) is 48.7 Å². The number of carbonyl (C=O) groups excluding carboxylic acids is 1. The summed E-state index contributed by atoms with van der Waals surface area (Å²) in [7, 11) is 1.33. The quantitative estimate of drug-likeness (QED) is 0.665. The van der Waals surface area contributed by atoms with Gasteiger partial charge in [-0.3, -0.25) is 20.3 Å². The van der Waals surface area contributed by atoms with Gasteiger partial charge in [0.2, 0.25) is 5.88 Å². The molecule has 134 valence electrons. The van der Waals surface area contributed by atoms with Gasteiger partial charge in [0.1, 0.15) is 5.69 Å². The van der Waals surface area contributed by atoms with Crippen molar-refractivity contribution in [3.05, 3.63) is 60.2 Å². The van der Waals surface area contributed by atoms with Crippen molar-refractivity contribution in [1.82, 2.24) is 20.2 Å². The molecule has 0 fully saturated rings. The number of ether oxygens (including phenoxy) is 1. The summed E-state index contributed by atoms with van der Waals surface area (Å²) >= 11 is 0. The molecule has 0 aliphatic heterocycles. The fraction of sp³-hybridized carbons (Fsp3) is 0.167. The highest BCUT2D eigenvalue weighted by Crippen LogP contribution is 2.19. The molecule has 0 aliphatic carbocycles. The molecule has 0 saturated heterocycles. The molecule has 7 nitrogen and oxygen atoms in total. The molecule has 2 heterocycles. The van der Waals surface area contributed by atoms with Crippen molar-refractivity contribution in [3.63, 3.8) is 0 Å². The number of rotatable bonds is 6. The van der Waals surface area contributed by atoms with E-state index in [0.29, 0.717) is 23.6 Å². The summed E-state index contributed by atoms with van der Waals surface area (Å²) in [5.41, 5.74) is 7.47. The molecule has 1 aromatic carbocycles. The summed E-state index contributed by atoms with van der Waals surface area (Å²) in [6.45, 7) is 2.43. The molecular formula is C18H18FN5O2. The van der Waals surface area contributed by atoms with E-state index in [1.807, 2.05) is 37.3 Å². The first-order chi connectivity index (χ1) is 12.6. The summed E-state index contributed by atoms with van der Waals surface area (Å²) in [5, 5.41) is 4.45. The van der Waals surface area contributed by atoms with Crippen LogP contribution in [-0.4, -0.2) is 27.8 Å². The van der Waals surface area contributed by atoms with Crippen molar-refractivity contribution in [3.8, 4) is 17.1 Å². The fourth-order valence-corrected chi connectivity index (χ4v) is 2.43. The van der Waals surface area contributed by atoms with E-state index in [0.717, 1.165) is 5.56 Å². The Morgan fingerprint density at radius 3 is 2.69 bits per heavy atom. The van der Waals surface area contributed by atoms with E-state index in [2.05, 4.69) is 20.9 Å². The Morgan fingerprint density at radius 2 is 2.04 bits per heavy atom. The zero-order chi connectivity index (χ0) is 18.5. The second-order valence-corrected chi connectivity index (χ2v) is 5.39. The largest absolute Gasteiger partial charge is 0.479 e. The molecular weight excluding hydrogens is 337 g/mol. The topological polar surface area (TPSA) is 81.1 Å². The zero-order valence-electron chi connectivity index (χ0n) is 14.4. The molecule has 3 rings (SSSR count). The third-order valence-corrected chi connectivity index (χ3v) is 3.70. The number of aryl methyl sites for hydroxylation is 1. The summed E-state index contributed by atoms with van der Waals surface area (Å²) < 4.78 is 20.0. The summed E-state index contributed by atoms with van der Waals surface area (Å²) in [4.78, 5) is 16.3. The van der Waals surface area contributed by atoms with Crippen LogP contribution in [0.3, 0.4) is 0 Å². The van der Waals surface area contributed by atoms with Crippen LogP contribution in [0.25, 0.3) is 11.3 Å². The van der Waals surface area contributed by atoms with Crippen molar-refractivity contribution in [2.75, 3.05) is 12.5 Å². The lowest BCUT2D eigenvalue weighted by atomic mass is 10.1. The van der Waals surface area contributed by atoms with E-state index in [1.54, 1.807) is 10.7 Å². The number of methoxy groups -OCH3 is 1. The molecule has 0 bridgehead atoms. The van der Waals surface area contributed by atoms with Gasteiger partial charge in [-0.25, -0.2) is 9.37 Å². The van der Waals surface area contributed by atoms with Crippen LogP contribution in [0.2, 0.25) is 0 Å². The van der Waals surface area contributed by atoms with Crippen molar-refractivity contribution < 1.29 is 13.9 Å². The van der Waals surface area contributed by atoms with Crippen LogP contribution in [0.4, 0.5) is 10.1 Å². The minimum atomic E-state index is -0.628. The SMILES string of the molecule is CCn1nc(-c2ccccc2)cc1C(=O)NNc1cnc(OC)c(F)c1. The van der Waals surface area contributed by atoms with E-state index in [4.69, 9.17) is 4.74 Å². The molecule has 0 saturated carbocycles. The summed E-state index contributed by atoms with van der Waals surface area (Å²) in [6, 6.07) is 12.5. The lowest BCUT2D eigenvalue weighted by Crippen LogP contribution is -2.31. The van der Waals surface area contributed by atoms with Gasteiger partial charge in [0.05, 0.1) is 24.7 Å². The first kappa shape index (κ1) is 17.4. The maximum atomic E-state index is 13.7. The highest BCUT2D eigenvalue weighted by atomic mass is 19.1. The number of benzene rings is 1. The van der Waals surface area contributed by atoms with E-state index in [-0.39, 0.29) is 5.88 Å². The van der Waals surface area contributed by atoms with E-state index >= 15 is 0 Å². The first-order valence-corrected chi connectivity index (χ1v) is 8.01. The Morgan fingerprint density at radius 1 is 1.27 bits per heavy atom. The van der Waals surface area contributed by atoms with Crippen LogP contribution in [0, 0.1) is 5.82 Å². The lowest BCUT2D eigenvalue weighted by molar-refractivity contribution is 0.0952. The molecule has 0 spiro atoms. The van der Waals surface area contributed by atoms with Crippen LogP contribution >= 0.6 is 0 Å². The minimum Gasteiger partial charge on any atom is -0.479 e. The highest BCUT2D eigenvalue weighted by Gasteiger charge is 2.15. The van der Waals surface area contributed by atoms with Crippen LogP contribution in [0.1, 0.15) is 17.4 Å². The van der Waals surface area contributed by atoms with Gasteiger partial charge in [0.25, 0.3) is 5.91 Å². The Hall–Kier alpha value is -3.42. The molecule has 2 aromatic heterocycles. The molecule has 2 N–H and O–H groups in total. The molecule has 1 amide bonds. The predicted molar refractivity (Wildman–Crippen MR) is 95.2 cm³/mol. The number of carbonyl (C=O) groups is 1. The first-order valence-electron chi connectivity index (χ1n) is 8.01. The van der Waals surface area contributed by atoms with Gasteiger partial charge in [-0.1, -0.05) is 30.3 Å². The maximum Gasteiger partial charge on any atom is 0.287 e. The molecule has 8 heteroatoms. The second-order valence-electron chi connectivity index (χ2n) is 5.39. The molecule has 0 unspecified atom stereocenters. The van der Waals surface area contributed by atoms with Crippen molar-refractivity contribution in [1.29, 1.82) is 0 Å². The number of amides is 1. The Kier molecular flexibility index (Phi) is 5.12. The zero-order valence-corrected chi connectivity index (χ0v) is 14.4. The minimum absolute atomic E-state index is 0.113. The van der Waals surface area contributed by atoms with Gasteiger partial charge in [-0.15, -0.1) is 0 Å². The van der Waals surface area contributed by atoms with E-state index in [9.17, 15) is 9.18 Å². The van der Waals surface area contributed by atoms with Crippen molar-refractivity contribution >= 4 is 11.6 Å². The number of nitrogens with one attached hydrogen (secondary N) is 2. The number of anilines is 1. The standard InChI is InChI=1S/C18H18FN5O2/c1-3-24-16(10-15(23-24)12-7-5-4-6-8-12)17(25)22-21-13-9-14(19)18(26-2)20-11-13/h4-11,21H,3H2,1-2H3,(H,22,25). The summed E-state index contributed by atoms with van der Waals surface area (Å²) in [6.07, 6.45) is 1.36. The Balaban J connectivity index is 1.75. The Bertz CT molecular complexity index is 911. The molecule has 0 atom stereocenters.